The maximum Gasteiger partial charge on any atom is 0.0564 e. The van der Waals surface area contributed by atoms with Crippen molar-refractivity contribution in [3.63, 3.8) is 0 Å². The van der Waals surface area contributed by atoms with E-state index in [9.17, 15) is 0 Å². The molecule has 1 aliphatic heterocycles. The van der Waals surface area contributed by atoms with Gasteiger partial charge in [0.1, 0.15) is 0 Å². The summed E-state index contributed by atoms with van der Waals surface area (Å²) in [7, 11) is 0. The summed E-state index contributed by atoms with van der Waals surface area (Å²) >= 11 is 0. The van der Waals surface area contributed by atoms with Crippen LogP contribution in [0.5, 0.6) is 0 Å². The van der Waals surface area contributed by atoms with Gasteiger partial charge in [-0.25, -0.2) is 0 Å². The molecule has 0 bridgehead atoms. The van der Waals surface area contributed by atoms with Crippen molar-refractivity contribution >= 4 is 5.69 Å². The SMILES string of the molecule is Nc1ccnc(CN2CCC3(CCCCC3)CC2)c1. The van der Waals surface area contributed by atoms with E-state index in [1.165, 1.54) is 58.0 Å². The van der Waals surface area contributed by atoms with Crippen molar-refractivity contribution in [2.45, 2.75) is 51.5 Å². The lowest BCUT2D eigenvalue weighted by molar-refractivity contribution is 0.0635. The minimum Gasteiger partial charge on any atom is -0.399 e. The number of piperidine rings is 1. The largest absolute Gasteiger partial charge is 0.399 e. The zero-order valence-corrected chi connectivity index (χ0v) is 11.8. The monoisotopic (exact) mass is 259 g/mol. The van der Waals surface area contributed by atoms with E-state index in [1.807, 2.05) is 18.3 Å². The molecule has 3 heteroatoms. The highest BCUT2D eigenvalue weighted by Crippen LogP contribution is 2.44. The number of nitrogen functional groups attached to an aromatic ring is 1. The van der Waals surface area contributed by atoms with Crippen LogP contribution in [-0.4, -0.2) is 23.0 Å². The van der Waals surface area contributed by atoms with Crippen LogP contribution in [0, 0.1) is 5.41 Å². The number of pyridine rings is 1. The lowest BCUT2D eigenvalue weighted by atomic mass is 9.68. The number of aromatic nitrogens is 1. The van der Waals surface area contributed by atoms with Crippen molar-refractivity contribution in [1.82, 2.24) is 9.88 Å². The Morgan fingerprint density at radius 1 is 1.11 bits per heavy atom. The van der Waals surface area contributed by atoms with Crippen molar-refractivity contribution in [2.24, 2.45) is 5.41 Å². The fourth-order valence-electron chi connectivity index (χ4n) is 3.80. The predicted molar refractivity (Wildman–Crippen MR) is 78.7 cm³/mol. The summed E-state index contributed by atoms with van der Waals surface area (Å²) in [6, 6.07) is 3.86. The van der Waals surface area contributed by atoms with Gasteiger partial charge >= 0.3 is 0 Å². The van der Waals surface area contributed by atoms with Gasteiger partial charge in [0, 0.05) is 18.4 Å². The summed E-state index contributed by atoms with van der Waals surface area (Å²) in [6.45, 7) is 3.42. The molecule has 0 atom stereocenters. The van der Waals surface area contributed by atoms with E-state index in [1.54, 1.807) is 0 Å². The summed E-state index contributed by atoms with van der Waals surface area (Å²) in [5, 5.41) is 0. The smallest absolute Gasteiger partial charge is 0.0564 e. The van der Waals surface area contributed by atoms with Gasteiger partial charge in [0.2, 0.25) is 0 Å². The molecule has 2 N–H and O–H groups in total. The standard InChI is InChI=1S/C16H25N3/c17-14-4-9-18-15(12-14)13-19-10-7-16(8-11-19)5-2-1-3-6-16/h4,9,12H,1-3,5-8,10-11,13H2,(H2,17,18). The Labute approximate surface area is 116 Å². The van der Waals surface area contributed by atoms with Crippen LogP contribution in [0.1, 0.15) is 50.6 Å². The Balaban J connectivity index is 1.55. The molecule has 3 rings (SSSR count). The fourth-order valence-corrected chi connectivity index (χ4v) is 3.80. The zero-order chi connectivity index (χ0) is 13.1. The van der Waals surface area contributed by atoms with Crippen LogP contribution < -0.4 is 5.73 Å². The van der Waals surface area contributed by atoms with Gasteiger partial charge in [-0.2, -0.15) is 0 Å². The van der Waals surface area contributed by atoms with Crippen molar-refractivity contribution in [3.8, 4) is 0 Å². The van der Waals surface area contributed by atoms with Gasteiger partial charge in [-0.15, -0.1) is 0 Å². The van der Waals surface area contributed by atoms with Gasteiger partial charge in [-0.05, 0) is 56.3 Å². The topological polar surface area (TPSA) is 42.1 Å². The summed E-state index contributed by atoms with van der Waals surface area (Å²) in [5.74, 6) is 0. The molecule has 2 fully saturated rings. The van der Waals surface area contributed by atoms with Crippen LogP contribution in [0.3, 0.4) is 0 Å². The Bertz CT molecular complexity index is 414. The zero-order valence-electron chi connectivity index (χ0n) is 11.8. The number of rotatable bonds is 2. The second kappa shape index (κ2) is 5.49. The van der Waals surface area contributed by atoms with Crippen LogP contribution in [-0.2, 0) is 6.54 Å². The quantitative estimate of drug-likeness (QED) is 0.886. The molecule has 0 unspecified atom stereocenters. The van der Waals surface area contributed by atoms with E-state index < -0.39 is 0 Å². The summed E-state index contributed by atoms with van der Waals surface area (Å²) in [4.78, 5) is 6.96. The molecule has 0 aromatic carbocycles. The molecule has 1 aromatic heterocycles. The molecule has 1 saturated carbocycles. The van der Waals surface area contributed by atoms with Gasteiger partial charge in [0.15, 0.2) is 0 Å². The second-order valence-electron chi connectivity index (χ2n) is 6.42. The summed E-state index contributed by atoms with van der Waals surface area (Å²) in [6.07, 6.45) is 11.9. The Hall–Kier alpha value is -1.09. The number of hydrogen-bond donors (Lipinski definition) is 1. The molecule has 104 valence electrons. The maximum atomic E-state index is 5.82. The number of anilines is 1. The van der Waals surface area contributed by atoms with Crippen molar-refractivity contribution in [1.29, 1.82) is 0 Å². The van der Waals surface area contributed by atoms with Gasteiger partial charge in [-0.1, -0.05) is 19.3 Å². The van der Waals surface area contributed by atoms with E-state index in [0.717, 1.165) is 17.9 Å². The minimum atomic E-state index is 0.692. The lowest BCUT2D eigenvalue weighted by Crippen LogP contribution is -2.40. The van der Waals surface area contributed by atoms with E-state index in [2.05, 4.69) is 9.88 Å². The predicted octanol–water partition coefficient (Wildman–Crippen LogP) is 3.21. The van der Waals surface area contributed by atoms with Gasteiger partial charge in [-0.3, -0.25) is 9.88 Å². The van der Waals surface area contributed by atoms with E-state index in [0.29, 0.717) is 5.41 Å². The van der Waals surface area contributed by atoms with Crippen LogP contribution >= 0.6 is 0 Å². The number of likely N-dealkylation sites (tertiary alicyclic amines) is 1. The third-order valence-corrected chi connectivity index (χ3v) is 5.06. The van der Waals surface area contributed by atoms with E-state index >= 15 is 0 Å². The van der Waals surface area contributed by atoms with Crippen LogP contribution in [0.25, 0.3) is 0 Å². The van der Waals surface area contributed by atoms with Crippen LogP contribution in [0.2, 0.25) is 0 Å². The molecule has 3 nitrogen and oxygen atoms in total. The van der Waals surface area contributed by atoms with Gasteiger partial charge < -0.3 is 5.73 Å². The molecule has 19 heavy (non-hydrogen) atoms. The molecule has 2 heterocycles. The van der Waals surface area contributed by atoms with Crippen LogP contribution in [0.15, 0.2) is 18.3 Å². The van der Waals surface area contributed by atoms with Crippen molar-refractivity contribution < 1.29 is 0 Å². The minimum absolute atomic E-state index is 0.692. The third kappa shape index (κ3) is 3.08. The maximum absolute atomic E-state index is 5.82. The number of hydrogen-bond acceptors (Lipinski definition) is 3. The van der Waals surface area contributed by atoms with Crippen molar-refractivity contribution in [3.05, 3.63) is 24.0 Å². The first kappa shape index (κ1) is 12.9. The highest BCUT2D eigenvalue weighted by molar-refractivity contribution is 5.37. The van der Waals surface area contributed by atoms with E-state index in [-0.39, 0.29) is 0 Å². The first-order valence-corrected chi connectivity index (χ1v) is 7.69. The lowest BCUT2D eigenvalue weighted by Gasteiger charge is -2.44. The molecular formula is C16H25N3. The first-order valence-electron chi connectivity index (χ1n) is 7.69. The average Bonchev–Trinajstić information content (AvgIpc) is 2.43. The third-order valence-electron chi connectivity index (χ3n) is 5.06. The summed E-state index contributed by atoms with van der Waals surface area (Å²) < 4.78 is 0. The highest BCUT2D eigenvalue weighted by Gasteiger charge is 2.35. The van der Waals surface area contributed by atoms with E-state index in [4.69, 9.17) is 5.73 Å². The Morgan fingerprint density at radius 3 is 2.53 bits per heavy atom. The van der Waals surface area contributed by atoms with Gasteiger partial charge in [0.05, 0.1) is 5.69 Å². The molecule has 1 saturated heterocycles. The second-order valence-corrected chi connectivity index (χ2v) is 6.42. The Morgan fingerprint density at radius 2 is 1.84 bits per heavy atom. The highest BCUT2D eigenvalue weighted by atomic mass is 15.1. The summed E-state index contributed by atoms with van der Waals surface area (Å²) in [5.41, 5.74) is 8.44. The molecular weight excluding hydrogens is 234 g/mol. The number of nitrogens with two attached hydrogens (primary N) is 1. The van der Waals surface area contributed by atoms with Gasteiger partial charge in [0.25, 0.3) is 0 Å². The molecule has 1 aliphatic carbocycles. The molecule has 0 amide bonds. The number of nitrogens with zero attached hydrogens (tertiary/aromatic N) is 2. The first-order chi connectivity index (χ1) is 9.26. The molecule has 2 aliphatic rings. The van der Waals surface area contributed by atoms with Crippen molar-refractivity contribution in [2.75, 3.05) is 18.8 Å². The molecule has 1 aromatic rings. The molecule has 1 spiro atoms. The normalized spacial score (nSPS) is 23.6. The Kier molecular flexibility index (Phi) is 3.74. The van der Waals surface area contributed by atoms with Crippen LogP contribution in [0.4, 0.5) is 5.69 Å². The average molecular weight is 259 g/mol. The molecule has 0 radical (unpaired) electrons. The fraction of sp³-hybridized carbons (Fsp3) is 0.688.